The molecule has 0 radical (unpaired) electrons. The molecule has 1 fully saturated rings. The molecule has 3 rings (SSSR count). The van der Waals surface area contributed by atoms with Crippen LogP contribution < -0.4 is 5.73 Å². The number of nitrogens with zero attached hydrogens (tertiary/aromatic N) is 2. The Hall–Kier alpha value is -1.16. The number of benzene rings is 1. The van der Waals surface area contributed by atoms with Gasteiger partial charge in [0, 0.05) is 35.7 Å². The number of hydrogen-bond donors (Lipinski definition) is 1. The van der Waals surface area contributed by atoms with Gasteiger partial charge in [-0.1, -0.05) is 31.0 Å². The van der Waals surface area contributed by atoms with E-state index in [-0.39, 0.29) is 6.04 Å². The number of aromatic nitrogens is 1. The van der Waals surface area contributed by atoms with Crippen molar-refractivity contribution in [2.24, 2.45) is 11.7 Å². The van der Waals surface area contributed by atoms with Crippen LogP contribution in [0.3, 0.4) is 0 Å². The average Bonchev–Trinajstić information content (AvgIpc) is 2.99. The number of likely N-dealkylation sites (tertiary alicyclic amines) is 1. The van der Waals surface area contributed by atoms with Gasteiger partial charge in [0.15, 0.2) is 0 Å². The van der Waals surface area contributed by atoms with Gasteiger partial charge in [-0.15, -0.1) is 0 Å². The van der Waals surface area contributed by atoms with Crippen LogP contribution >= 0.6 is 11.6 Å². The van der Waals surface area contributed by atoms with E-state index in [2.05, 4.69) is 22.9 Å². The van der Waals surface area contributed by atoms with E-state index in [4.69, 9.17) is 17.3 Å². The van der Waals surface area contributed by atoms with E-state index >= 15 is 0 Å². The summed E-state index contributed by atoms with van der Waals surface area (Å²) in [4.78, 5) is 7.06. The van der Waals surface area contributed by atoms with E-state index in [1.54, 1.807) is 0 Å². The summed E-state index contributed by atoms with van der Waals surface area (Å²) < 4.78 is 0. The maximum atomic E-state index is 6.30. The molecular formula is C17H22ClN3. The minimum atomic E-state index is 0.233. The SMILES string of the molecule is CCC1CCN(C(CN)c2ccc(Cl)c3cccnc23)C1. The number of fused-ring (bicyclic) bond motifs is 1. The first-order valence-electron chi connectivity index (χ1n) is 7.71. The number of hydrogen-bond acceptors (Lipinski definition) is 3. The predicted octanol–water partition coefficient (Wildman–Crippen LogP) is 3.62. The van der Waals surface area contributed by atoms with Crippen LogP contribution in [0.4, 0.5) is 0 Å². The van der Waals surface area contributed by atoms with Crippen LogP contribution in [0.1, 0.15) is 31.4 Å². The Morgan fingerprint density at radius 2 is 2.29 bits per heavy atom. The number of halogens is 1. The Bertz CT molecular complexity index is 628. The quantitative estimate of drug-likeness (QED) is 0.938. The van der Waals surface area contributed by atoms with Crippen LogP contribution in [-0.4, -0.2) is 29.5 Å². The van der Waals surface area contributed by atoms with Gasteiger partial charge in [-0.25, -0.2) is 0 Å². The number of rotatable bonds is 4. The highest BCUT2D eigenvalue weighted by Gasteiger charge is 2.28. The van der Waals surface area contributed by atoms with Crippen molar-refractivity contribution in [1.82, 2.24) is 9.88 Å². The van der Waals surface area contributed by atoms with E-state index in [1.807, 2.05) is 24.4 Å². The predicted molar refractivity (Wildman–Crippen MR) is 88.5 cm³/mol. The van der Waals surface area contributed by atoms with E-state index < -0.39 is 0 Å². The third kappa shape index (κ3) is 2.78. The van der Waals surface area contributed by atoms with Crippen molar-refractivity contribution in [2.75, 3.05) is 19.6 Å². The molecule has 0 spiro atoms. The Morgan fingerprint density at radius 1 is 1.43 bits per heavy atom. The highest BCUT2D eigenvalue weighted by molar-refractivity contribution is 6.35. The van der Waals surface area contributed by atoms with Crippen LogP contribution in [0, 0.1) is 5.92 Å². The first-order chi connectivity index (χ1) is 10.2. The summed E-state index contributed by atoms with van der Waals surface area (Å²) in [5.41, 5.74) is 8.29. The fourth-order valence-electron chi connectivity index (χ4n) is 3.38. The minimum absolute atomic E-state index is 0.233. The van der Waals surface area contributed by atoms with Crippen LogP contribution in [0.25, 0.3) is 10.9 Å². The average molecular weight is 304 g/mol. The van der Waals surface area contributed by atoms with Crippen molar-refractivity contribution in [2.45, 2.75) is 25.8 Å². The third-order valence-corrected chi connectivity index (χ3v) is 4.99. The zero-order valence-electron chi connectivity index (χ0n) is 12.4. The Labute approximate surface area is 131 Å². The zero-order chi connectivity index (χ0) is 14.8. The summed E-state index contributed by atoms with van der Waals surface area (Å²) >= 11 is 6.30. The lowest BCUT2D eigenvalue weighted by Crippen LogP contribution is -2.32. The molecule has 112 valence electrons. The monoisotopic (exact) mass is 303 g/mol. The second-order valence-electron chi connectivity index (χ2n) is 5.85. The second kappa shape index (κ2) is 6.30. The van der Waals surface area contributed by atoms with Crippen molar-refractivity contribution in [3.05, 3.63) is 41.0 Å². The molecule has 1 aliphatic rings. The van der Waals surface area contributed by atoms with Gasteiger partial charge in [-0.2, -0.15) is 0 Å². The van der Waals surface area contributed by atoms with Crippen molar-refractivity contribution in [3.8, 4) is 0 Å². The molecular weight excluding hydrogens is 282 g/mol. The largest absolute Gasteiger partial charge is 0.329 e. The fraction of sp³-hybridized carbons (Fsp3) is 0.471. The maximum absolute atomic E-state index is 6.30. The summed E-state index contributed by atoms with van der Waals surface area (Å²) in [6.45, 7) is 5.14. The molecule has 0 bridgehead atoms. The fourth-order valence-corrected chi connectivity index (χ4v) is 3.60. The summed E-state index contributed by atoms with van der Waals surface area (Å²) in [6, 6.07) is 8.25. The summed E-state index contributed by atoms with van der Waals surface area (Å²) in [6.07, 6.45) is 4.34. The molecule has 1 aromatic heterocycles. The molecule has 4 heteroatoms. The van der Waals surface area contributed by atoms with Crippen molar-refractivity contribution in [3.63, 3.8) is 0 Å². The molecule has 0 aliphatic carbocycles. The van der Waals surface area contributed by atoms with Crippen LogP contribution in [-0.2, 0) is 0 Å². The van der Waals surface area contributed by atoms with E-state index in [0.717, 1.165) is 34.9 Å². The molecule has 1 saturated heterocycles. The molecule has 1 aromatic carbocycles. The van der Waals surface area contributed by atoms with Gasteiger partial charge in [-0.3, -0.25) is 9.88 Å². The summed E-state index contributed by atoms with van der Waals surface area (Å²) in [5.74, 6) is 0.797. The molecule has 2 atom stereocenters. The highest BCUT2D eigenvalue weighted by Crippen LogP contribution is 2.33. The van der Waals surface area contributed by atoms with E-state index in [0.29, 0.717) is 6.54 Å². The standard InChI is InChI=1S/C17H22ClN3/c1-2-12-7-9-21(11-12)16(10-19)14-5-6-15(18)13-4-3-8-20-17(13)14/h3-6,8,12,16H,2,7,9-11,19H2,1H3. The molecule has 0 amide bonds. The van der Waals surface area contributed by atoms with Gasteiger partial charge in [0.2, 0.25) is 0 Å². The molecule has 2 heterocycles. The van der Waals surface area contributed by atoms with Crippen LogP contribution in [0.5, 0.6) is 0 Å². The van der Waals surface area contributed by atoms with Crippen LogP contribution in [0.15, 0.2) is 30.5 Å². The van der Waals surface area contributed by atoms with Gasteiger partial charge in [0.05, 0.1) is 5.52 Å². The molecule has 2 aromatic rings. The summed E-state index contributed by atoms with van der Waals surface area (Å²) in [5, 5.41) is 1.77. The van der Waals surface area contributed by atoms with Gasteiger partial charge in [0.1, 0.15) is 0 Å². The third-order valence-electron chi connectivity index (χ3n) is 4.67. The normalized spacial score (nSPS) is 21.0. The minimum Gasteiger partial charge on any atom is -0.329 e. The smallest absolute Gasteiger partial charge is 0.0765 e. The second-order valence-corrected chi connectivity index (χ2v) is 6.25. The van der Waals surface area contributed by atoms with E-state index in [9.17, 15) is 0 Å². The summed E-state index contributed by atoms with van der Waals surface area (Å²) in [7, 11) is 0. The molecule has 0 saturated carbocycles. The molecule has 3 nitrogen and oxygen atoms in total. The van der Waals surface area contributed by atoms with E-state index in [1.165, 1.54) is 18.4 Å². The van der Waals surface area contributed by atoms with Crippen LogP contribution in [0.2, 0.25) is 5.02 Å². The van der Waals surface area contributed by atoms with Crippen molar-refractivity contribution in [1.29, 1.82) is 0 Å². The zero-order valence-corrected chi connectivity index (χ0v) is 13.2. The van der Waals surface area contributed by atoms with Crippen molar-refractivity contribution >= 4 is 22.5 Å². The van der Waals surface area contributed by atoms with Gasteiger partial charge in [0.25, 0.3) is 0 Å². The number of nitrogens with two attached hydrogens (primary N) is 1. The Morgan fingerprint density at radius 3 is 3.00 bits per heavy atom. The lowest BCUT2D eigenvalue weighted by Gasteiger charge is -2.28. The molecule has 21 heavy (non-hydrogen) atoms. The first kappa shape index (κ1) is 14.8. The lowest BCUT2D eigenvalue weighted by atomic mass is 10.0. The Kier molecular flexibility index (Phi) is 4.43. The van der Waals surface area contributed by atoms with Gasteiger partial charge < -0.3 is 5.73 Å². The molecule has 2 N–H and O–H groups in total. The Balaban J connectivity index is 2.00. The number of pyridine rings is 1. The highest BCUT2D eigenvalue weighted by atomic mass is 35.5. The maximum Gasteiger partial charge on any atom is 0.0765 e. The molecule has 1 aliphatic heterocycles. The first-order valence-corrected chi connectivity index (χ1v) is 8.09. The molecule has 2 unspecified atom stereocenters. The topological polar surface area (TPSA) is 42.1 Å². The van der Waals surface area contributed by atoms with Gasteiger partial charge in [-0.05, 0) is 42.6 Å². The lowest BCUT2D eigenvalue weighted by molar-refractivity contribution is 0.242. The van der Waals surface area contributed by atoms with Crippen molar-refractivity contribution < 1.29 is 0 Å². The van der Waals surface area contributed by atoms with Gasteiger partial charge >= 0.3 is 0 Å².